The first-order chi connectivity index (χ1) is 72.0. The Morgan fingerprint density at radius 1 is 0.277 bits per heavy atom. The highest BCUT2D eigenvalue weighted by Gasteiger charge is 2.46. The summed E-state index contributed by atoms with van der Waals surface area (Å²) in [5.41, 5.74) is -14.8. The molecule has 18 rings (SSSR count). The normalized spacial score (nSPS) is 17.8. The van der Waals surface area contributed by atoms with Crippen molar-refractivity contribution in [2.24, 2.45) is 0 Å². The average molecular weight is 1490 g/mol. The van der Waals surface area contributed by atoms with Crippen molar-refractivity contribution in [2.45, 2.75) is 119 Å². The van der Waals surface area contributed by atoms with Crippen molar-refractivity contribution < 1.29 is 57.6 Å². The number of hydrogen-bond acceptors (Lipinski definition) is 2. The maximum atomic E-state index is 11.5. The zero-order valence-corrected chi connectivity index (χ0v) is 63.3. The van der Waals surface area contributed by atoms with Gasteiger partial charge in [0.25, 0.3) is 6.71 Å². The van der Waals surface area contributed by atoms with Crippen LogP contribution in [0.25, 0.3) is 117 Å². The third kappa shape index (κ3) is 12.4. The van der Waals surface area contributed by atoms with Crippen LogP contribution >= 0.6 is 0 Å². The number of hydrogen-bond donors (Lipinski definition) is 0. The number of benzene rings is 15. The lowest BCUT2D eigenvalue weighted by atomic mass is 9.33. The summed E-state index contributed by atoms with van der Waals surface area (Å²) in [6.07, 6.45) is 0. The van der Waals surface area contributed by atoms with Gasteiger partial charge in [0.05, 0.1) is 85.7 Å². The van der Waals surface area contributed by atoms with E-state index in [1.165, 1.54) is 12.1 Å². The first-order valence-electron chi connectivity index (χ1n) is 58.2. The summed E-state index contributed by atoms with van der Waals surface area (Å²) in [6, 6.07) is -26.5. The molecule has 0 bridgehead atoms. The molecule has 0 N–H and O–H groups in total. The summed E-state index contributed by atoms with van der Waals surface area (Å²) in [7, 11) is 0. The Morgan fingerprint density at radius 2 is 0.571 bits per heavy atom. The van der Waals surface area contributed by atoms with E-state index >= 15 is 0 Å². The second-order valence-electron chi connectivity index (χ2n) is 29.8. The first kappa shape index (κ1) is 38.6. The molecule has 16 aromatic rings. The molecule has 0 spiro atoms. The summed E-state index contributed by atoms with van der Waals surface area (Å²) in [5, 5.41) is -0.731. The molecule has 0 unspecified atom stereocenters. The third-order valence-corrected chi connectivity index (χ3v) is 21.0. The predicted octanol–water partition coefficient (Wildman–Crippen LogP) is 28.9. The number of rotatable bonds is 17. The maximum absolute atomic E-state index is 11.5. The van der Waals surface area contributed by atoms with Crippen LogP contribution in [-0.2, 0) is 0 Å². The average Bonchev–Trinajstić information content (AvgIpc) is 0.794. The zero-order valence-electron chi connectivity index (χ0n) is 105. The topological polar surface area (TPSA) is 11.4 Å². The van der Waals surface area contributed by atoms with Crippen LogP contribution in [0.4, 0.5) is 34.1 Å². The van der Waals surface area contributed by atoms with Crippen LogP contribution < -0.4 is 26.2 Å². The largest absolute Gasteiger partial charge is 0.310 e. The standard InChI is InChI=1S/C108H96BN3/c1-67(2)83-59-90(69(5)6)104(91(60-83)70(7)8)81-51-53-98-94(57-81)95-58-82(105-92(71(9)10)61-84(68(3)4)62-93(105)72(11)12)52-54-99(95)110(98)85-65-102-106-103(66-85)112(108-88(77-41-27-17-28-42-77)47-32-48-89(108)78-43-29-18-30-44-78)101-56-50-80(74-35-21-14-22-36-74)64-97(101)109(106)96-63-79(73-33-19-13-20-34-73)49-55-100(96)111(102)107-86(75-37-23-15-24-38-75)45-31-46-87(107)76-39-25-16-26-40-76/h13-72H,1-12H3/i13D,14D,15D,16D,17D,18D,19D,20D,21D,22D,23D,24D,25D,26D,27D,28D,29D,30D,33D,34D,35D,36D,37D,38D,39D,40D,41D,42D,43D,44D,49D,50D,51D,52D,53D,54D,55D,56D,57D,58D,63D,64D. The summed E-state index contributed by atoms with van der Waals surface area (Å²) in [4.78, 5) is 1.89. The molecule has 0 aliphatic carbocycles. The molecule has 3 heterocycles. The van der Waals surface area contributed by atoms with E-state index in [1.807, 2.05) is 107 Å². The predicted molar refractivity (Wildman–Crippen MR) is 483 cm³/mol. The molecule has 2 aliphatic heterocycles. The van der Waals surface area contributed by atoms with Crippen molar-refractivity contribution in [3.63, 3.8) is 0 Å². The molecule has 0 amide bonds. The van der Waals surface area contributed by atoms with Gasteiger partial charge in [-0.3, -0.25) is 0 Å². The van der Waals surface area contributed by atoms with Gasteiger partial charge < -0.3 is 14.4 Å². The quantitative estimate of drug-likeness (QED) is 0.0842. The van der Waals surface area contributed by atoms with E-state index in [2.05, 4.69) is 0 Å². The zero-order chi connectivity index (χ0) is 113. The molecule has 2 aliphatic rings. The molecule has 1 aromatic heterocycles. The van der Waals surface area contributed by atoms with Crippen molar-refractivity contribution in [1.82, 2.24) is 4.57 Å². The van der Waals surface area contributed by atoms with E-state index in [4.69, 9.17) is 8.22 Å². The number of para-hydroxylation sites is 2. The van der Waals surface area contributed by atoms with Gasteiger partial charge in [0, 0.05) is 55.8 Å². The fraction of sp³-hybridized carbons (Fsp3) is 0.167. The number of aromatic nitrogens is 1. The van der Waals surface area contributed by atoms with Gasteiger partial charge in [0.1, 0.15) is 0 Å². The van der Waals surface area contributed by atoms with Gasteiger partial charge in [-0.05, 0) is 200 Å². The third-order valence-electron chi connectivity index (χ3n) is 21.0. The molecule has 0 fully saturated rings. The molecule has 112 heavy (non-hydrogen) atoms. The Kier molecular flexibility index (Phi) is 10.1. The summed E-state index contributed by atoms with van der Waals surface area (Å²) in [5.74, 6) is -1.93. The highest BCUT2D eigenvalue weighted by atomic mass is 15.2. The minimum absolute atomic E-state index is 0.121. The maximum Gasteiger partial charge on any atom is 0.252 e. The fourth-order valence-electron chi connectivity index (χ4n) is 15.7. The van der Waals surface area contributed by atoms with Gasteiger partial charge in [0.2, 0.25) is 0 Å². The smallest absolute Gasteiger partial charge is 0.252 e. The molecule has 4 heteroatoms. The summed E-state index contributed by atoms with van der Waals surface area (Å²) in [6.45, 7) is 20.7. The van der Waals surface area contributed by atoms with E-state index in [0.29, 0.717) is 33.4 Å². The van der Waals surface area contributed by atoms with Crippen LogP contribution in [0.5, 0.6) is 0 Å². The molecule has 0 saturated carbocycles. The number of nitrogens with zero attached hydrogens (tertiary/aromatic N) is 3. The Hall–Kier alpha value is -12.2. The van der Waals surface area contributed by atoms with Gasteiger partial charge in [-0.2, -0.15) is 0 Å². The minimum atomic E-state index is -2.52. The summed E-state index contributed by atoms with van der Waals surface area (Å²) >= 11 is 0. The molecular formula is C108H96BN3. The SMILES string of the molecule is [2H]c1c([2H])c([2H])c(-c2cccc(-c3c([2H])c([2H])c([2H])c([2H])c3[2H])c2N2c3cc(-n4c5c([2H])c([2H])c(-c6c(C(C)C)cc(C(C)C)cc6C(C)C)c([2H])c5c5c([2H])c(-c6c(C(C)C)cc(C(C)C)cc6C(C)C)c([2H])c([2H])c54)cc4c3B(c3c([2H])c(-c5c([2H])c([2H])c([2H])c([2H])c5[2H])c([2H])c([2H])c32)c2c([2H])c(-c3c([2H])c([2H])c([2H])c([2H])c3[2H])c([2H])c([2H])c2N4c2c(-c3c([2H])c([2H])c([2H])c([2H])c3[2H])cccc2-c2c([2H])c([2H])c([2H])c([2H])c2[2H])c([2H])c1[2H]. The monoisotopic (exact) mass is 1490 g/mol. The lowest BCUT2D eigenvalue weighted by Gasteiger charge is -2.46. The van der Waals surface area contributed by atoms with Crippen molar-refractivity contribution in [3.8, 4) is 94.7 Å². The molecule has 0 saturated heterocycles. The molecule has 15 aromatic carbocycles. The van der Waals surface area contributed by atoms with E-state index in [9.17, 15) is 49.3 Å². The first-order valence-corrected chi connectivity index (χ1v) is 37.2. The van der Waals surface area contributed by atoms with Gasteiger partial charge >= 0.3 is 0 Å². The van der Waals surface area contributed by atoms with E-state index in [0.717, 1.165) is 61.9 Å². The van der Waals surface area contributed by atoms with Crippen LogP contribution in [0.3, 0.4) is 0 Å². The van der Waals surface area contributed by atoms with Gasteiger partial charge in [-0.15, -0.1) is 0 Å². The second kappa shape index (κ2) is 29.2. The van der Waals surface area contributed by atoms with Crippen LogP contribution in [-0.4, -0.2) is 11.3 Å². The lowest BCUT2D eigenvalue weighted by Crippen LogP contribution is -2.61. The van der Waals surface area contributed by atoms with Crippen LogP contribution in [0.2, 0.25) is 0 Å². The van der Waals surface area contributed by atoms with Crippen molar-refractivity contribution in [3.05, 3.63) is 360 Å². The number of fused-ring (bicyclic) bond motifs is 7. The summed E-state index contributed by atoms with van der Waals surface area (Å²) < 4.78 is 425. The molecule has 0 atom stereocenters. The van der Waals surface area contributed by atoms with Gasteiger partial charge in [0.15, 0.2) is 0 Å². The Balaban J connectivity index is 1.23. The molecule has 0 radical (unpaired) electrons. The molecule has 3 nitrogen and oxygen atoms in total. The molecular weight excluding hydrogens is 1350 g/mol. The fourth-order valence-corrected chi connectivity index (χ4v) is 15.7. The Morgan fingerprint density at radius 3 is 0.866 bits per heavy atom. The second-order valence-corrected chi connectivity index (χ2v) is 29.8. The highest BCUT2D eigenvalue weighted by molar-refractivity contribution is 7.00. The van der Waals surface area contributed by atoms with Crippen molar-refractivity contribution in [2.75, 3.05) is 9.80 Å². The number of anilines is 6. The highest BCUT2D eigenvalue weighted by Crippen LogP contribution is 2.55. The Bertz CT molecular complexity index is 8060. The van der Waals surface area contributed by atoms with Crippen LogP contribution in [0.1, 0.15) is 210 Å². The van der Waals surface area contributed by atoms with Crippen LogP contribution in [0, 0.1) is 0 Å². The van der Waals surface area contributed by atoms with E-state index in [1.54, 1.807) is 0 Å². The van der Waals surface area contributed by atoms with Gasteiger partial charge in [-0.25, -0.2) is 0 Å². The minimum Gasteiger partial charge on any atom is -0.310 e. The molecule has 546 valence electrons. The van der Waals surface area contributed by atoms with Crippen LogP contribution in [0.15, 0.2) is 327 Å². The Labute approximate surface area is 722 Å². The van der Waals surface area contributed by atoms with E-state index < -0.39 is 418 Å². The van der Waals surface area contributed by atoms with Gasteiger partial charge in [-0.1, -0.05) is 361 Å². The van der Waals surface area contributed by atoms with Crippen molar-refractivity contribution in [1.29, 1.82) is 0 Å². The van der Waals surface area contributed by atoms with Crippen molar-refractivity contribution >= 4 is 79.0 Å². The lowest BCUT2D eigenvalue weighted by molar-refractivity contribution is 0.807. The van der Waals surface area contributed by atoms with E-state index in [-0.39, 0.29) is 33.7 Å².